The Morgan fingerprint density at radius 3 is 2.39 bits per heavy atom. The fourth-order valence-electron chi connectivity index (χ4n) is 4.66. The largest absolute Gasteiger partial charge is 0.497 e. The van der Waals surface area contributed by atoms with E-state index in [0.29, 0.717) is 11.3 Å². The molecule has 0 aliphatic heterocycles. The zero-order valence-electron chi connectivity index (χ0n) is 21.6. The second kappa shape index (κ2) is 11.2. The van der Waals surface area contributed by atoms with Gasteiger partial charge in [0.15, 0.2) is 0 Å². The summed E-state index contributed by atoms with van der Waals surface area (Å²) in [5, 5.41) is 14.4. The zero-order valence-corrected chi connectivity index (χ0v) is 22.5. The number of nitrogens with zero attached hydrogens (tertiary/aromatic N) is 2. The van der Waals surface area contributed by atoms with E-state index in [0.717, 1.165) is 35.2 Å². The number of benzene rings is 3. The summed E-state index contributed by atoms with van der Waals surface area (Å²) in [4.78, 5) is 23.7. The van der Waals surface area contributed by atoms with Crippen LogP contribution in [0.25, 0.3) is 0 Å². The number of rotatable bonds is 9. The highest BCUT2D eigenvalue weighted by Crippen LogP contribution is 2.29. The number of methoxy groups -OCH3 is 1. The van der Waals surface area contributed by atoms with Crippen LogP contribution in [0.4, 0.5) is 11.4 Å². The average molecular weight is 538 g/mol. The molecule has 1 aliphatic rings. The summed E-state index contributed by atoms with van der Waals surface area (Å²) in [6, 6.07) is 15.8. The lowest BCUT2D eigenvalue weighted by Gasteiger charge is -2.25. The number of hydrogen-bond acceptors (Lipinski definition) is 6. The number of sulfonamides is 1. The van der Waals surface area contributed by atoms with Gasteiger partial charge in [-0.25, -0.2) is 8.42 Å². The first kappa shape index (κ1) is 27.1. The molecule has 0 fully saturated rings. The molecule has 38 heavy (non-hydrogen) atoms. The third-order valence-electron chi connectivity index (χ3n) is 6.86. The fraction of sp³-hybridized carbons (Fsp3) is 0.321. The number of anilines is 1. The number of amides is 1. The van der Waals surface area contributed by atoms with Crippen molar-refractivity contribution in [3.8, 4) is 5.75 Å². The lowest BCUT2D eigenvalue weighted by molar-refractivity contribution is -0.385. The second-order valence-electron chi connectivity index (χ2n) is 9.44. The average Bonchev–Trinajstić information content (AvgIpc) is 2.91. The molecule has 0 aromatic heterocycles. The number of carbonyl (C=O) groups excluding carboxylic acids is 1. The molecule has 200 valence electrons. The molecule has 0 saturated carbocycles. The molecule has 1 aliphatic carbocycles. The Morgan fingerprint density at radius 1 is 1.05 bits per heavy atom. The van der Waals surface area contributed by atoms with Gasteiger partial charge in [0.25, 0.3) is 15.7 Å². The number of nitro benzene ring substituents is 1. The molecule has 9 nitrogen and oxygen atoms in total. The summed E-state index contributed by atoms with van der Waals surface area (Å²) in [5.74, 6) is 0.0128. The molecule has 0 spiro atoms. The maximum absolute atomic E-state index is 13.7. The number of aryl methyl sites for hydroxylation is 3. The Bertz CT molecular complexity index is 1450. The summed E-state index contributed by atoms with van der Waals surface area (Å²) in [6.07, 6.45) is 4.39. The van der Waals surface area contributed by atoms with Gasteiger partial charge in [-0.3, -0.25) is 19.2 Å². The molecule has 0 saturated heterocycles. The first-order valence-electron chi connectivity index (χ1n) is 12.4. The van der Waals surface area contributed by atoms with Gasteiger partial charge in [0.2, 0.25) is 5.91 Å². The summed E-state index contributed by atoms with van der Waals surface area (Å²) < 4.78 is 33.6. The molecule has 1 amide bonds. The van der Waals surface area contributed by atoms with Crippen LogP contribution in [0.5, 0.6) is 5.75 Å². The van der Waals surface area contributed by atoms with Crippen LogP contribution in [0.15, 0.2) is 65.6 Å². The standard InChI is InChI=1S/C28H31N3O6S/c1-19-8-15-26(17-27(19)31(33)34)38(35,36)30(24-11-13-25(37-3)14-12-24)18-28(32)29-20(2)22-10-9-21-6-4-5-7-23(21)16-22/h8-17,20H,4-7,18H2,1-3H3,(H,29,32). The highest BCUT2D eigenvalue weighted by molar-refractivity contribution is 7.92. The fourth-order valence-corrected chi connectivity index (χ4v) is 6.10. The maximum atomic E-state index is 13.7. The Hall–Kier alpha value is -3.92. The third kappa shape index (κ3) is 5.80. The van der Waals surface area contributed by atoms with E-state index in [1.54, 1.807) is 12.1 Å². The lowest BCUT2D eigenvalue weighted by atomic mass is 9.89. The van der Waals surface area contributed by atoms with Crippen molar-refractivity contribution in [1.29, 1.82) is 0 Å². The van der Waals surface area contributed by atoms with E-state index in [9.17, 15) is 23.3 Å². The number of fused-ring (bicyclic) bond motifs is 1. The summed E-state index contributed by atoms with van der Waals surface area (Å²) in [5.41, 5.74) is 3.83. The van der Waals surface area contributed by atoms with E-state index in [-0.39, 0.29) is 22.3 Å². The monoisotopic (exact) mass is 537 g/mol. The van der Waals surface area contributed by atoms with Crippen LogP contribution in [0.2, 0.25) is 0 Å². The van der Waals surface area contributed by atoms with Gasteiger partial charge in [0.05, 0.1) is 28.7 Å². The van der Waals surface area contributed by atoms with Crippen molar-refractivity contribution in [3.63, 3.8) is 0 Å². The predicted octanol–water partition coefficient (Wildman–Crippen LogP) is 4.86. The van der Waals surface area contributed by atoms with Crippen molar-refractivity contribution in [2.45, 2.75) is 50.5 Å². The van der Waals surface area contributed by atoms with Gasteiger partial charge in [-0.15, -0.1) is 0 Å². The number of nitro groups is 1. The second-order valence-corrected chi connectivity index (χ2v) is 11.3. The molecular weight excluding hydrogens is 506 g/mol. The minimum Gasteiger partial charge on any atom is -0.497 e. The number of hydrogen-bond donors (Lipinski definition) is 1. The smallest absolute Gasteiger partial charge is 0.273 e. The van der Waals surface area contributed by atoms with E-state index in [1.807, 2.05) is 13.0 Å². The molecule has 3 aromatic carbocycles. The molecule has 0 bridgehead atoms. The van der Waals surface area contributed by atoms with Gasteiger partial charge in [0, 0.05) is 11.6 Å². The normalized spacial score (nSPS) is 13.8. The van der Waals surface area contributed by atoms with Crippen molar-refractivity contribution in [1.82, 2.24) is 5.32 Å². The van der Waals surface area contributed by atoms with E-state index in [1.165, 1.54) is 55.8 Å². The predicted molar refractivity (Wildman–Crippen MR) is 145 cm³/mol. The van der Waals surface area contributed by atoms with E-state index in [2.05, 4.69) is 17.4 Å². The van der Waals surface area contributed by atoms with E-state index < -0.39 is 27.4 Å². The first-order chi connectivity index (χ1) is 18.1. The number of nitrogens with one attached hydrogen (secondary N) is 1. The van der Waals surface area contributed by atoms with Crippen molar-refractivity contribution in [3.05, 3.63) is 93.0 Å². The zero-order chi connectivity index (χ0) is 27.4. The maximum Gasteiger partial charge on any atom is 0.273 e. The molecule has 1 unspecified atom stereocenters. The van der Waals surface area contributed by atoms with E-state index in [4.69, 9.17) is 4.74 Å². The van der Waals surface area contributed by atoms with Crippen molar-refractivity contribution < 1.29 is 22.9 Å². The van der Waals surface area contributed by atoms with Crippen LogP contribution in [-0.4, -0.2) is 32.9 Å². The van der Waals surface area contributed by atoms with E-state index >= 15 is 0 Å². The van der Waals surface area contributed by atoms with Crippen LogP contribution in [0.1, 0.15) is 48.1 Å². The van der Waals surface area contributed by atoms with Crippen molar-refractivity contribution in [2.75, 3.05) is 18.0 Å². The highest BCUT2D eigenvalue weighted by Gasteiger charge is 2.30. The molecule has 1 atom stereocenters. The minimum absolute atomic E-state index is 0.227. The first-order valence-corrected chi connectivity index (χ1v) is 13.9. The van der Waals surface area contributed by atoms with Gasteiger partial charge >= 0.3 is 0 Å². The van der Waals surface area contributed by atoms with Crippen LogP contribution in [0, 0.1) is 17.0 Å². The minimum atomic E-state index is -4.33. The lowest BCUT2D eigenvalue weighted by Crippen LogP contribution is -2.41. The van der Waals surface area contributed by atoms with Crippen LogP contribution in [0.3, 0.4) is 0 Å². The van der Waals surface area contributed by atoms with Gasteiger partial charge in [0.1, 0.15) is 12.3 Å². The van der Waals surface area contributed by atoms with Gasteiger partial charge in [-0.05, 0) is 86.6 Å². The topological polar surface area (TPSA) is 119 Å². The van der Waals surface area contributed by atoms with Crippen LogP contribution < -0.4 is 14.4 Å². The number of ether oxygens (including phenoxy) is 1. The molecular formula is C28H31N3O6S. The quantitative estimate of drug-likeness (QED) is 0.307. The van der Waals surface area contributed by atoms with Gasteiger partial charge < -0.3 is 10.1 Å². The molecule has 1 N–H and O–H groups in total. The molecule has 10 heteroatoms. The van der Waals surface area contributed by atoms with Gasteiger partial charge in [-0.2, -0.15) is 0 Å². The van der Waals surface area contributed by atoms with Gasteiger partial charge in [-0.1, -0.05) is 24.3 Å². The molecule has 0 heterocycles. The SMILES string of the molecule is COc1ccc(N(CC(=O)NC(C)c2ccc3c(c2)CCCC3)S(=O)(=O)c2ccc(C)c([N+](=O)[O-])c2)cc1. The highest BCUT2D eigenvalue weighted by atomic mass is 32.2. The third-order valence-corrected chi connectivity index (χ3v) is 8.63. The number of carbonyl (C=O) groups is 1. The summed E-state index contributed by atoms with van der Waals surface area (Å²) in [6.45, 7) is 2.88. The Labute approximate surface area is 222 Å². The molecule has 0 radical (unpaired) electrons. The Morgan fingerprint density at radius 2 is 1.74 bits per heavy atom. The summed E-state index contributed by atoms with van der Waals surface area (Å²) >= 11 is 0. The van der Waals surface area contributed by atoms with Crippen molar-refractivity contribution in [2.24, 2.45) is 0 Å². The summed E-state index contributed by atoms with van der Waals surface area (Å²) in [7, 11) is -2.84. The molecule has 4 rings (SSSR count). The van der Waals surface area contributed by atoms with Crippen molar-refractivity contribution >= 4 is 27.3 Å². The van der Waals surface area contributed by atoms with Crippen LogP contribution in [-0.2, 0) is 27.7 Å². The molecule has 3 aromatic rings. The Balaban J connectivity index is 1.62. The van der Waals surface area contributed by atoms with Crippen LogP contribution >= 0.6 is 0 Å². The Kier molecular flexibility index (Phi) is 8.01.